The van der Waals surface area contributed by atoms with Gasteiger partial charge in [-0.15, -0.1) is 0 Å². The van der Waals surface area contributed by atoms with Crippen LogP contribution in [-0.2, 0) is 0 Å². The quantitative estimate of drug-likeness (QED) is 0.639. The largest absolute Gasteiger partial charge is 0.310 e. The Hall–Kier alpha value is -0.573. The standard InChI is InChI=1S/C15H20ClNSi/c1-18(2,16)15-10-13(14-8-5-9-17-14)11-6-3-4-7-12(11)15/h3-4,6-7,10,14-15,17H,5,8-9H2,1-2H3. The molecular weight excluding hydrogens is 258 g/mol. The Kier molecular flexibility index (Phi) is 3.13. The van der Waals surface area contributed by atoms with Crippen molar-refractivity contribution in [1.29, 1.82) is 0 Å². The third-order valence-electron chi connectivity index (χ3n) is 4.13. The molecule has 2 aliphatic rings. The minimum Gasteiger partial charge on any atom is -0.310 e. The second-order valence-electron chi connectivity index (χ2n) is 5.90. The fourth-order valence-corrected chi connectivity index (χ4v) is 5.32. The molecule has 0 amide bonds. The lowest BCUT2D eigenvalue weighted by molar-refractivity contribution is 0.744. The monoisotopic (exact) mass is 277 g/mol. The summed E-state index contributed by atoms with van der Waals surface area (Å²) in [6.45, 7) is 5.64. The van der Waals surface area contributed by atoms with E-state index in [1.807, 2.05) is 0 Å². The molecule has 18 heavy (non-hydrogen) atoms. The highest BCUT2D eigenvalue weighted by molar-refractivity contribution is 7.20. The predicted octanol–water partition coefficient (Wildman–Crippen LogP) is 3.90. The minimum atomic E-state index is -1.70. The third kappa shape index (κ3) is 2.07. The molecule has 0 spiro atoms. The fraction of sp³-hybridized carbons (Fsp3) is 0.467. The first kappa shape index (κ1) is 12.5. The Morgan fingerprint density at radius 1 is 1.28 bits per heavy atom. The molecular formula is C15H20ClNSi. The van der Waals surface area contributed by atoms with E-state index in [0.717, 1.165) is 6.54 Å². The highest BCUT2D eigenvalue weighted by Gasteiger charge is 2.37. The lowest BCUT2D eigenvalue weighted by Crippen LogP contribution is -2.26. The van der Waals surface area contributed by atoms with E-state index in [0.29, 0.717) is 11.6 Å². The first-order valence-electron chi connectivity index (χ1n) is 6.80. The van der Waals surface area contributed by atoms with Gasteiger partial charge in [-0.05, 0) is 36.1 Å². The topological polar surface area (TPSA) is 12.0 Å². The third-order valence-corrected chi connectivity index (χ3v) is 6.79. The summed E-state index contributed by atoms with van der Waals surface area (Å²) < 4.78 is 0. The van der Waals surface area contributed by atoms with Gasteiger partial charge in [-0.2, -0.15) is 11.1 Å². The lowest BCUT2D eigenvalue weighted by Gasteiger charge is -2.21. The Labute approximate surface area is 115 Å². The number of hydrogen-bond donors (Lipinski definition) is 1. The van der Waals surface area contributed by atoms with Gasteiger partial charge in [0.15, 0.2) is 7.38 Å². The summed E-state index contributed by atoms with van der Waals surface area (Å²) in [7, 11) is -1.70. The molecule has 0 radical (unpaired) electrons. The van der Waals surface area contributed by atoms with Crippen LogP contribution in [0.25, 0.3) is 5.57 Å². The highest BCUT2D eigenvalue weighted by Crippen LogP contribution is 2.44. The fourth-order valence-electron chi connectivity index (χ4n) is 3.21. The summed E-state index contributed by atoms with van der Waals surface area (Å²) in [5.74, 6) is 0. The zero-order valence-corrected chi connectivity index (χ0v) is 12.8. The van der Waals surface area contributed by atoms with E-state index < -0.39 is 7.38 Å². The number of benzene rings is 1. The molecule has 1 saturated heterocycles. The highest BCUT2D eigenvalue weighted by atomic mass is 35.6. The van der Waals surface area contributed by atoms with Crippen LogP contribution in [-0.4, -0.2) is 20.0 Å². The van der Waals surface area contributed by atoms with Crippen molar-refractivity contribution >= 4 is 24.0 Å². The molecule has 1 N–H and O–H groups in total. The maximum Gasteiger partial charge on any atom is 0.161 e. The summed E-state index contributed by atoms with van der Waals surface area (Å²) in [6, 6.07) is 9.35. The second-order valence-corrected chi connectivity index (χ2v) is 12.6. The summed E-state index contributed by atoms with van der Waals surface area (Å²) >= 11 is 6.71. The molecule has 0 bridgehead atoms. The van der Waals surface area contributed by atoms with Crippen LogP contribution in [0.15, 0.2) is 30.3 Å². The molecule has 2 atom stereocenters. The van der Waals surface area contributed by atoms with Crippen molar-refractivity contribution in [2.24, 2.45) is 0 Å². The molecule has 1 aliphatic carbocycles. The molecule has 0 saturated carbocycles. The first-order valence-corrected chi connectivity index (χ1v) is 10.9. The van der Waals surface area contributed by atoms with Crippen molar-refractivity contribution in [3.05, 3.63) is 41.5 Å². The average Bonchev–Trinajstić information content (AvgIpc) is 2.94. The normalized spacial score (nSPS) is 27.2. The molecule has 3 heteroatoms. The van der Waals surface area contributed by atoms with Crippen LogP contribution < -0.4 is 5.32 Å². The summed E-state index contributed by atoms with van der Waals surface area (Å²) in [4.78, 5) is 0. The van der Waals surface area contributed by atoms with Gasteiger partial charge in [0.25, 0.3) is 0 Å². The van der Waals surface area contributed by atoms with E-state index in [2.05, 4.69) is 48.8 Å². The number of halogens is 1. The van der Waals surface area contributed by atoms with Crippen LogP contribution in [0.1, 0.15) is 29.5 Å². The van der Waals surface area contributed by atoms with Gasteiger partial charge in [0.05, 0.1) is 0 Å². The lowest BCUT2D eigenvalue weighted by atomic mass is 9.99. The van der Waals surface area contributed by atoms with Crippen molar-refractivity contribution in [2.75, 3.05) is 6.54 Å². The molecule has 1 aliphatic heterocycles. The SMILES string of the molecule is C[Si](C)(Cl)C1C=C(C2CCCN2)c2ccccc21. The molecule has 0 aromatic heterocycles. The number of allylic oxidation sites excluding steroid dienone is 1. The van der Waals surface area contributed by atoms with E-state index in [9.17, 15) is 0 Å². The molecule has 3 rings (SSSR count). The van der Waals surface area contributed by atoms with Crippen molar-refractivity contribution in [3.63, 3.8) is 0 Å². The van der Waals surface area contributed by atoms with Gasteiger partial charge in [0.2, 0.25) is 0 Å². The Balaban J connectivity index is 2.04. The smallest absolute Gasteiger partial charge is 0.161 e. The van der Waals surface area contributed by atoms with Crippen molar-refractivity contribution < 1.29 is 0 Å². The molecule has 96 valence electrons. The van der Waals surface area contributed by atoms with Gasteiger partial charge < -0.3 is 5.32 Å². The van der Waals surface area contributed by atoms with Crippen LogP contribution in [0.2, 0.25) is 13.1 Å². The van der Waals surface area contributed by atoms with Gasteiger partial charge in [0, 0.05) is 11.6 Å². The number of nitrogens with one attached hydrogen (secondary N) is 1. The first-order chi connectivity index (χ1) is 8.57. The van der Waals surface area contributed by atoms with Crippen LogP contribution in [0.5, 0.6) is 0 Å². The van der Waals surface area contributed by atoms with Crippen molar-refractivity contribution in [3.8, 4) is 0 Å². The Morgan fingerprint density at radius 2 is 2.06 bits per heavy atom. The van der Waals surface area contributed by atoms with Gasteiger partial charge in [-0.1, -0.05) is 43.4 Å². The average molecular weight is 278 g/mol. The van der Waals surface area contributed by atoms with Crippen LogP contribution >= 0.6 is 11.1 Å². The van der Waals surface area contributed by atoms with Gasteiger partial charge >= 0.3 is 0 Å². The summed E-state index contributed by atoms with van der Waals surface area (Å²) in [5, 5.41) is 3.62. The molecule has 1 heterocycles. The number of fused-ring (bicyclic) bond motifs is 1. The van der Waals surface area contributed by atoms with E-state index in [1.54, 1.807) is 0 Å². The minimum absolute atomic E-state index is 0.466. The zero-order chi connectivity index (χ0) is 12.8. The maximum atomic E-state index is 6.71. The molecule has 1 aromatic carbocycles. The van der Waals surface area contributed by atoms with Crippen LogP contribution in [0, 0.1) is 0 Å². The predicted molar refractivity (Wildman–Crippen MR) is 81.5 cm³/mol. The van der Waals surface area contributed by atoms with E-state index >= 15 is 0 Å². The molecule has 2 unspecified atom stereocenters. The van der Waals surface area contributed by atoms with Crippen molar-refractivity contribution in [1.82, 2.24) is 5.32 Å². The second kappa shape index (κ2) is 4.51. The number of rotatable bonds is 2. The Morgan fingerprint density at radius 3 is 2.72 bits per heavy atom. The Bertz CT molecular complexity index is 484. The van der Waals surface area contributed by atoms with Crippen molar-refractivity contribution in [2.45, 2.75) is 37.5 Å². The summed E-state index contributed by atoms with van der Waals surface area (Å²) in [6.07, 6.45) is 5.00. The molecule has 1 aromatic rings. The van der Waals surface area contributed by atoms with Crippen LogP contribution in [0.3, 0.4) is 0 Å². The van der Waals surface area contributed by atoms with Gasteiger partial charge in [-0.3, -0.25) is 0 Å². The summed E-state index contributed by atoms with van der Waals surface area (Å²) in [5.41, 5.74) is 4.85. The van der Waals surface area contributed by atoms with E-state index in [-0.39, 0.29) is 0 Å². The molecule has 1 nitrogen and oxygen atoms in total. The van der Waals surface area contributed by atoms with E-state index in [1.165, 1.54) is 29.5 Å². The van der Waals surface area contributed by atoms with Gasteiger partial charge in [-0.25, -0.2) is 0 Å². The maximum absolute atomic E-state index is 6.71. The van der Waals surface area contributed by atoms with E-state index in [4.69, 9.17) is 11.1 Å². The molecule has 1 fully saturated rings. The number of hydrogen-bond acceptors (Lipinski definition) is 1. The zero-order valence-electron chi connectivity index (χ0n) is 11.0. The van der Waals surface area contributed by atoms with Crippen LogP contribution in [0.4, 0.5) is 0 Å². The van der Waals surface area contributed by atoms with Gasteiger partial charge in [0.1, 0.15) is 0 Å².